The van der Waals surface area contributed by atoms with Gasteiger partial charge in [-0.15, -0.1) is 0 Å². The molecule has 1 N–H and O–H groups in total. The zero-order valence-electron chi connectivity index (χ0n) is 21.6. The van der Waals surface area contributed by atoms with Crippen molar-refractivity contribution in [3.8, 4) is 22.6 Å². The minimum atomic E-state index is -3.91. The molecule has 3 aromatic rings. The highest BCUT2D eigenvalue weighted by Crippen LogP contribution is 2.37. The number of nitrogens with zero attached hydrogens (tertiary/aromatic N) is 4. The molecule has 0 saturated heterocycles. The first-order valence-electron chi connectivity index (χ1n) is 12.2. The van der Waals surface area contributed by atoms with Crippen LogP contribution < -0.4 is 9.47 Å². The summed E-state index contributed by atoms with van der Waals surface area (Å²) < 4.78 is 40.7. The third-order valence-electron chi connectivity index (χ3n) is 6.63. The topological polar surface area (TPSA) is 105 Å². The van der Waals surface area contributed by atoms with Crippen LogP contribution in [0.5, 0.6) is 11.5 Å². The summed E-state index contributed by atoms with van der Waals surface area (Å²) in [6.07, 6.45) is 4.74. The smallest absolute Gasteiger partial charge is 0.247 e. The van der Waals surface area contributed by atoms with Gasteiger partial charge in [-0.25, -0.2) is 18.4 Å². The number of methoxy groups -OCH3 is 1. The lowest BCUT2D eigenvalue weighted by Crippen LogP contribution is -2.49. The molecule has 2 heterocycles. The van der Waals surface area contributed by atoms with Crippen molar-refractivity contribution in [1.82, 2.24) is 19.2 Å². The molecule has 0 amide bonds. The molecule has 0 aliphatic carbocycles. The number of likely N-dealkylation sites (N-methyl/N-ethyl adjacent to an activating group) is 1. The van der Waals surface area contributed by atoms with E-state index in [1.807, 2.05) is 38.2 Å². The van der Waals surface area contributed by atoms with Crippen molar-refractivity contribution < 1.29 is 23.0 Å². The molecule has 3 atom stereocenters. The van der Waals surface area contributed by atoms with Gasteiger partial charge in [0.25, 0.3) is 0 Å². The molecule has 1 aliphatic rings. The fraction of sp³-hybridized carbons (Fsp3) is 0.407. The molecule has 0 saturated carbocycles. The van der Waals surface area contributed by atoms with Crippen LogP contribution in [0.25, 0.3) is 11.1 Å². The lowest BCUT2D eigenvalue weighted by atomic mass is 10.0. The van der Waals surface area contributed by atoms with Crippen molar-refractivity contribution in [2.75, 3.05) is 33.9 Å². The molecule has 0 bridgehead atoms. The molecule has 0 fully saturated rings. The van der Waals surface area contributed by atoms with Gasteiger partial charge in [0.2, 0.25) is 10.0 Å². The van der Waals surface area contributed by atoms with Gasteiger partial charge in [-0.2, -0.15) is 4.31 Å². The van der Waals surface area contributed by atoms with E-state index in [4.69, 9.17) is 9.47 Å². The van der Waals surface area contributed by atoms with Gasteiger partial charge >= 0.3 is 0 Å². The van der Waals surface area contributed by atoms with Gasteiger partial charge in [0, 0.05) is 49.6 Å². The van der Waals surface area contributed by atoms with E-state index in [-0.39, 0.29) is 30.1 Å². The normalized spacial score (nSPS) is 20.4. The molecule has 2 aromatic carbocycles. The summed E-state index contributed by atoms with van der Waals surface area (Å²) in [4.78, 5) is 10.4. The summed E-state index contributed by atoms with van der Waals surface area (Å²) in [5, 5.41) is 9.86. The van der Waals surface area contributed by atoms with Crippen LogP contribution >= 0.6 is 0 Å². The molecule has 37 heavy (non-hydrogen) atoms. The quantitative estimate of drug-likeness (QED) is 0.478. The van der Waals surface area contributed by atoms with Crippen molar-refractivity contribution in [3.05, 3.63) is 66.7 Å². The SMILES string of the molecule is COc1cccc(-c2ccc3c(c2)O[C@H](CN(C)Cc2cncnc2)[C@@H](C)CN([C@H](C)CO)S3(=O)=O)c1. The Morgan fingerprint density at radius 1 is 1.19 bits per heavy atom. The second-order valence-corrected chi connectivity index (χ2v) is 11.4. The Morgan fingerprint density at radius 2 is 1.92 bits per heavy atom. The standard InChI is InChI=1S/C27H34N4O5S/c1-19-14-31(20(2)17-32)37(33,34)27-9-8-23(22-6-5-7-24(10-22)35-4)11-25(27)36-26(19)16-30(3)15-21-12-28-18-29-13-21/h5-13,18-20,26,32H,14-17H2,1-4H3/t19-,20+,26+/m0/s1. The second-order valence-electron chi connectivity index (χ2n) is 9.58. The Hall–Kier alpha value is -3.05. The van der Waals surface area contributed by atoms with E-state index in [0.717, 1.165) is 16.7 Å². The van der Waals surface area contributed by atoms with Gasteiger partial charge < -0.3 is 14.6 Å². The highest BCUT2D eigenvalue weighted by molar-refractivity contribution is 7.89. The Morgan fingerprint density at radius 3 is 2.62 bits per heavy atom. The van der Waals surface area contributed by atoms with E-state index in [1.165, 1.54) is 10.6 Å². The first-order valence-corrected chi connectivity index (χ1v) is 13.7. The van der Waals surface area contributed by atoms with Gasteiger partial charge in [-0.3, -0.25) is 4.90 Å². The number of fused-ring (bicyclic) bond motifs is 1. The molecule has 1 aliphatic heterocycles. The first-order chi connectivity index (χ1) is 17.7. The Kier molecular flexibility index (Phi) is 8.43. The molecular formula is C27H34N4O5S. The van der Waals surface area contributed by atoms with Crippen LogP contribution in [0.1, 0.15) is 19.4 Å². The minimum absolute atomic E-state index is 0.0930. The molecule has 9 nitrogen and oxygen atoms in total. The van der Waals surface area contributed by atoms with Gasteiger partial charge in [-0.05, 0) is 49.4 Å². The number of hydrogen-bond donors (Lipinski definition) is 1. The summed E-state index contributed by atoms with van der Waals surface area (Å²) in [6, 6.07) is 12.2. The molecule has 1 aromatic heterocycles. The number of aliphatic hydroxyl groups excluding tert-OH is 1. The minimum Gasteiger partial charge on any atom is -0.497 e. The average molecular weight is 527 g/mol. The number of benzene rings is 2. The number of sulfonamides is 1. The van der Waals surface area contributed by atoms with Crippen molar-refractivity contribution in [2.45, 2.75) is 37.4 Å². The molecule has 0 spiro atoms. The van der Waals surface area contributed by atoms with Crippen LogP contribution in [0, 0.1) is 5.92 Å². The summed E-state index contributed by atoms with van der Waals surface area (Å²) in [5.74, 6) is 0.856. The molecule has 0 radical (unpaired) electrons. The Labute approximate surface area is 218 Å². The summed E-state index contributed by atoms with van der Waals surface area (Å²) in [7, 11) is -0.312. The van der Waals surface area contributed by atoms with Crippen molar-refractivity contribution in [2.24, 2.45) is 5.92 Å². The Balaban J connectivity index is 1.73. The predicted molar refractivity (Wildman–Crippen MR) is 141 cm³/mol. The van der Waals surface area contributed by atoms with E-state index in [0.29, 0.717) is 24.6 Å². The molecule has 0 unspecified atom stereocenters. The Bertz CT molecular complexity index is 1310. The molecule has 4 rings (SSSR count). The van der Waals surface area contributed by atoms with Gasteiger partial charge in [-0.1, -0.05) is 25.1 Å². The van der Waals surface area contributed by atoms with E-state index in [9.17, 15) is 13.5 Å². The average Bonchev–Trinajstić information content (AvgIpc) is 2.90. The first kappa shape index (κ1) is 27.0. The van der Waals surface area contributed by atoms with E-state index in [1.54, 1.807) is 44.6 Å². The highest BCUT2D eigenvalue weighted by atomic mass is 32.2. The van der Waals surface area contributed by atoms with E-state index in [2.05, 4.69) is 14.9 Å². The largest absolute Gasteiger partial charge is 0.497 e. The lowest BCUT2D eigenvalue weighted by molar-refractivity contribution is 0.0733. The van der Waals surface area contributed by atoms with Gasteiger partial charge in [0.05, 0.1) is 13.7 Å². The third kappa shape index (κ3) is 6.10. The summed E-state index contributed by atoms with van der Waals surface area (Å²) in [6.45, 7) is 4.83. The third-order valence-corrected chi connectivity index (χ3v) is 8.65. The summed E-state index contributed by atoms with van der Waals surface area (Å²) in [5.41, 5.74) is 2.68. The van der Waals surface area contributed by atoms with Crippen LogP contribution in [-0.4, -0.2) is 78.7 Å². The van der Waals surface area contributed by atoms with E-state index >= 15 is 0 Å². The van der Waals surface area contributed by atoms with Crippen molar-refractivity contribution >= 4 is 10.0 Å². The number of hydrogen-bond acceptors (Lipinski definition) is 8. The van der Waals surface area contributed by atoms with Crippen molar-refractivity contribution in [1.29, 1.82) is 0 Å². The zero-order valence-corrected chi connectivity index (χ0v) is 22.4. The number of ether oxygens (including phenoxy) is 2. The molecule has 198 valence electrons. The van der Waals surface area contributed by atoms with Gasteiger partial charge in [0.15, 0.2) is 0 Å². The van der Waals surface area contributed by atoms with Gasteiger partial charge in [0.1, 0.15) is 28.8 Å². The maximum absolute atomic E-state index is 13.7. The van der Waals surface area contributed by atoms with Crippen LogP contribution in [0.15, 0.2) is 66.1 Å². The monoisotopic (exact) mass is 526 g/mol. The second kappa shape index (κ2) is 11.6. The zero-order chi connectivity index (χ0) is 26.6. The summed E-state index contributed by atoms with van der Waals surface area (Å²) >= 11 is 0. The van der Waals surface area contributed by atoms with Crippen LogP contribution in [0.3, 0.4) is 0 Å². The maximum Gasteiger partial charge on any atom is 0.247 e. The number of rotatable bonds is 8. The van der Waals surface area contributed by atoms with Crippen molar-refractivity contribution in [3.63, 3.8) is 0 Å². The van der Waals surface area contributed by atoms with Crippen LogP contribution in [0.2, 0.25) is 0 Å². The fourth-order valence-corrected chi connectivity index (χ4v) is 6.35. The van der Waals surface area contributed by atoms with Crippen LogP contribution in [0.4, 0.5) is 0 Å². The van der Waals surface area contributed by atoms with E-state index < -0.39 is 16.1 Å². The fourth-order valence-electron chi connectivity index (χ4n) is 4.52. The predicted octanol–water partition coefficient (Wildman–Crippen LogP) is 3.05. The lowest BCUT2D eigenvalue weighted by Gasteiger charge is -2.37. The maximum atomic E-state index is 13.7. The number of aliphatic hydroxyl groups is 1. The number of aromatic nitrogens is 2. The van der Waals surface area contributed by atoms with Crippen LogP contribution in [-0.2, 0) is 16.6 Å². The molecular weight excluding hydrogens is 492 g/mol. The molecule has 10 heteroatoms. The highest BCUT2D eigenvalue weighted by Gasteiger charge is 2.38.